The normalized spacial score (nSPS) is 11.1. The molecule has 24 heavy (non-hydrogen) atoms. The molecule has 1 amide bonds. The van der Waals surface area contributed by atoms with Gasteiger partial charge in [0, 0.05) is 24.0 Å². The van der Waals surface area contributed by atoms with E-state index in [2.05, 4.69) is 28.7 Å². The first-order chi connectivity index (χ1) is 11.3. The summed E-state index contributed by atoms with van der Waals surface area (Å²) >= 11 is 1.33. The van der Waals surface area contributed by atoms with Gasteiger partial charge < -0.3 is 9.88 Å². The minimum Gasteiger partial charge on any atom is -0.325 e. The van der Waals surface area contributed by atoms with Crippen molar-refractivity contribution in [2.75, 3.05) is 11.1 Å². The summed E-state index contributed by atoms with van der Waals surface area (Å²) < 4.78 is 28.2. The van der Waals surface area contributed by atoms with Gasteiger partial charge in [-0.05, 0) is 31.9 Å². The third-order valence-electron chi connectivity index (χ3n) is 3.51. The number of nitrogens with one attached hydrogen (secondary N) is 1. The molecule has 0 aliphatic rings. The average molecular weight is 353 g/mol. The van der Waals surface area contributed by atoms with Gasteiger partial charge in [0.2, 0.25) is 5.91 Å². The molecule has 0 atom stereocenters. The number of carbonyl (C=O) groups excluding carboxylic acids is 1. The van der Waals surface area contributed by atoms with Gasteiger partial charge in [-0.3, -0.25) is 4.79 Å². The maximum Gasteiger partial charge on any atom is 0.234 e. The molecule has 0 spiro atoms. The molecule has 7 heteroatoms. The van der Waals surface area contributed by atoms with Crippen LogP contribution in [0.1, 0.15) is 25.2 Å². The predicted octanol–water partition coefficient (Wildman–Crippen LogP) is 4.16. The highest BCUT2D eigenvalue weighted by Gasteiger charge is 2.14. The van der Waals surface area contributed by atoms with Crippen molar-refractivity contribution in [1.29, 1.82) is 0 Å². The molecule has 1 aromatic carbocycles. The number of benzene rings is 1. The zero-order valence-corrected chi connectivity index (χ0v) is 15.0. The molecule has 0 aliphatic heterocycles. The van der Waals surface area contributed by atoms with E-state index in [0.29, 0.717) is 5.92 Å². The summed E-state index contributed by atoms with van der Waals surface area (Å²) in [4.78, 5) is 16.5. The lowest BCUT2D eigenvalue weighted by atomic mass is 10.2. The van der Waals surface area contributed by atoms with Crippen LogP contribution in [0.3, 0.4) is 0 Å². The van der Waals surface area contributed by atoms with Crippen LogP contribution in [0.15, 0.2) is 23.4 Å². The van der Waals surface area contributed by atoms with Gasteiger partial charge in [-0.15, -0.1) is 0 Å². The highest BCUT2D eigenvalue weighted by Crippen LogP contribution is 2.23. The zero-order chi connectivity index (χ0) is 17.9. The van der Waals surface area contributed by atoms with Gasteiger partial charge in [0.05, 0.1) is 11.4 Å². The average Bonchev–Trinajstić information content (AvgIpc) is 2.76. The highest BCUT2D eigenvalue weighted by molar-refractivity contribution is 7.99. The fraction of sp³-hybridized carbons (Fsp3) is 0.412. The zero-order valence-electron chi connectivity index (χ0n) is 14.2. The smallest absolute Gasteiger partial charge is 0.234 e. The van der Waals surface area contributed by atoms with Gasteiger partial charge in [0.25, 0.3) is 0 Å². The standard InChI is InChI=1S/C17H21F2N3OS/c1-10(2)8-22-12(4)11(3)20-17(22)24-9-16(23)21-13-5-6-14(18)15(19)7-13/h5-7,10H,8-9H2,1-4H3,(H,21,23). The third kappa shape index (κ3) is 4.56. The first-order valence-electron chi connectivity index (χ1n) is 7.69. The minimum absolute atomic E-state index is 0.146. The number of rotatable bonds is 6. The Morgan fingerprint density at radius 1 is 1.29 bits per heavy atom. The van der Waals surface area contributed by atoms with Crippen LogP contribution in [0.25, 0.3) is 0 Å². The number of anilines is 1. The summed E-state index contributed by atoms with van der Waals surface area (Å²) in [5.74, 6) is -1.61. The fourth-order valence-corrected chi connectivity index (χ4v) is 3.12. The Kier molecular flexibility index (Phi) is 5.99. The van der Waals surface area contributed by atoms with Gasteiger partial charge >= 0.3 is 0 Å². The summed E-state index contributed by atoms with van der Waals surface area (Å²) in [5, 5.41) is 3.35. The predicted molar refractivity (Wildman–Crippen MR) is 92.3 cm³/mol. The summed E-state index contributed by atoms with van der Waals surface area (Å²) in [6, 6.07) is 3.28. The molecule has 2 aromatic rings. The number of nitrogens with zero attached hydrogens (tertiary/aromatic N) is 2. The largest absolute Gasteiger partial charge is 0.325 e. The lowest BCUT2D eigenvalue weighted by Gasteiger charge is -2.12. The monoisotopic (exact) mass is 353 g/mol. The van der Waals surface area contributed by atoms with Crippen molar-refractivity contribution in [2.45, 2.75) is 39.4 Å². The number of carbonyl (C=O) groups is 1. The third-order valence-corrected chi connectivity index (χ3v) is 4.48. The van der Waals surface area contributed by atoms with Crippen molar-refractivity contribution in [3.05, 3.63) is 41.2 Å². The van der Waals surface area contributed by atoms with Gasteiger partial charge in [0.1, 0.15) is 0 Å². The number of aryl methyl sites for hydroxylation is 1. The molecule has 1 aromatic heterocycles. The molecular weight excluding hydrogens is 332 g/mol. The molecule has 1 heterocycles. The van der Waals surface area contributed by atoms with E-state index >= 15 is 0 Å². The van der Waals surface area contributed by atoms with E-state index in [4.69, 9.17) is 0 Å². The summed E-state index contributed by atoms with van der Waals surface area (Å²) in [6.07, 6.45) is 0. The van der Waals surface area contributed by atoms with E-state index in [1.165, 1.54) is 17.8 Å². The number of hydrogen-bond donors (Lipinski definition) is 1. The molecule has 0 bridgehead atoms. The first kappa shape index (κ1) is 18.4. The van der Waals surface area contributed by atoms with Crippen LogP contribution in [-0.2, 0) is 11.3 Å². The van der Waals surface area contributed by atoms with Crippen LogP contribution in [0.4, 0.5) is 14.5 Å². The van der Waals surface area contributed by atoms with Gasteiger partial charge in [-0.25, -0.2) is 13.8 Å². The van der Waals surface area contributed by atoms with Gasteiger partial charge in [0.15, 0.2) is 16.8 Å². The van der Waals surface area contributed by atoms with Gasteiger partial charge in [-0.1, -0.05) is 25.6 Å². The fourth-order valence-electron chi connectivity index (χ4n) is 2.21. The number of halogens is 2. The van der Waals surface area contributed by atoms with E-state index in [1.54, 1.807) is 0 Å². The van der Waals surface area contributed by atoms with Crippen LogP contribution < -0.4 is 5.32 Å². The summed E-state index contributed by atoms with van der Waals surface area (Å²) in [7, 11) is 0. The second-order valence-corrected chi connectivity index (χ2v) is 6.98. The molecular formula is C17H21F2N3OS. The van der Waals surface area contributed by atoms with Crippen molar-refractivity contribution in [3.63, 3.8) is 0 Å². The van der Waals surface area contributed by atoms with E-state index in [1.807, 2.05) is 13.8 Å². The van der Waals surface area contributed by atoms with Crippen molar-refractivity contribution in [2.24, 2.45) is 5.92 Å². The quantitative estimate of drug-likeness (QED) is 0.793. The summed E-state index contributed by atoms with van der Waals surface area (Å²) in [5.41, 5.74) is 2.27. The number of amides is 1. The number of imidazole rings is 1. The molecule has 2 rings (SSSR count). The molecule has 0 fully saturated rings. The Balaban J connectivity index is 2.01. The molecule has 130 valence electrons. The Hall–Kier alpha value is -1.89. The lowest BCUT2D eigenvalue weighted by molar-refractivity contribution is -0.113. The maximum atomic E-state index is 13.2. The highest BCUT2D eigenvalue weighted by atomic mass is 32.2. The van der Waals surface area contributed by atoms with Crippen molar-refractivity contribution in [3.8, 4) is 0 Å². The number of thioether (sulfide) groups is 1. The van der Waals surface area contributed by atoms with E-state index < -0.39 is 11.6 Å². The molecule has 0 unspecified atom stereocenters. The van der Waals surface area contributed by atoms with Gasteiger partial charge in [-0.2, -0.15) is 0 Å². The topological polar surface area (TPSA) is 46.9 Å². The molecule has 0 saturated carbocycles. The Morgan fingerprint density at radius 2 is 2.00 bits per heavy atom. The van der Waals surface area contributed by atoms with Crippen LogP contribution >= 0.6 is 11.8 Å². The second-order valence-electron chi connectivity index (χ2n) is 6.04. The molecule has 0 aliphatic carbocycles. The second kappa shape index (κ2) is 7.79. The lowest BCUT2D eigenvalue weighted by Crippen LogP contribution is -2.15. The number of hydrogen-bond acceptors (Lipinski definition) is 3. The van der Waals surface area contributed by atoms with Crippen LogP contribution in [0.5, 0.6) is 0 Å². The number of aromatic nitrogens is 2. The first-order valence-corrected chi connectivity index (χ1v) is 8.68. The Morgan fingerprint density at radius 3 is 2.62 bits per heavy atom. The molecule has 1 N–H and O–H groups in total. The molecule has 4 nitrogen and oxygen atoms in total. The summed E-state index contributed by atoms with van der Waals surface area (Å²) in [6.45, 7) is 9.03. The minimum atomic E-state index is -0.987. The molecule has 0 radical (unpaired) electrons. The molecule has 0 saturated heterocycles. The van der Waals surface area contributed by atoms with Crippen LogP contribution in [0, 0.1) is 31.4 Å². The SMILES string of the molecule is Cc1nc(SCC(=O)Nc2ccc(F)c(F)c2)n(CC(C)C)c1C. The van der Waals surface area contributed by atoms with Crippen LogP contribution in [-0.4, -0.2) is 21.2 Å². The van der Waals surface area contributed by atoms with E-state index in [9.17, 15) is 13.6 Å². The van der Waals surface area contributed by atoms with E-state index in [0.717, 1.165) is 35.2 Å². The van der Waals surface area contributed by atoms with Crippen molar-refractivity contribution < 1.29 is 13.6 Å². The maximum absolute atomic E-state index is 13.2. The van der Waals surface area contributed by atoms with Crippen LogP contribution in [0.2, 0.25) is 0 Å². The Labute approximate surface area is 144 Å². The Bertz CT molecular complexity index is 744. The van der Waals surface area contributed by atoms with Crippen molar-refractivity contribution >= 4 is 23.4 Å². The van der Waals surface area contributed by atoms with Crippen molar-refractivity contribution in [1.82, 2.24) is 9.55 Å². The van der Waals surface area contributed by atoms with E-state index in [-0.39, 0.29) is 17.3 Å².